The highest BCUT2D eigenvalue weighted by Gasteiger charge is 2.03. The third-order valence-corrected chi connectivity index (χ3v) is 2.03. The fourth-order valence-corrected chi connectivity index (χ4v) is 1.12. The lowest BCUT2D eigenvalue weighted by molar-refractivity contribution is -0.123. The minimum atomic E-state index is -0.556. The highest BCUT2D eigenvalue weighted by molar-refractivity contribution is 6.30. The van der Waals surface area contributed by atoms with Gasteiger partial charge in [0.05, 0.1) is 6.10 Å². The van der Waals surface area contributed by atoms with Gasteiger partial charge in [-0.25, -0.2) is 0 Å². The number of carbonyl (C=O) groups is 1. The zero-order valence-electron chi connectivity index (χ0n) is 8.94. The van der Waals surface area contributed by atoms with Crippen LogP contribution in [0.3, 0.4) is 0 Å². The molecule has 0 saturated carbocycles. The summed E-state index contributed by atoms with van der Waals surface area (Å²) >= 11 is 5.70. The van der Waals surface area contributed by atoms with Crippen molar-refractivity contribution in [3.05, 3.63) is 29.3 Å². The molecule has 0 bridgehead atoms. The third kappa shape index (κ3) is 5.00. The number of aliphatic hydroxyl groups excluding tert-OH is 1. The van der Waals surface area contributed by atoms with E-state index in [-0.39, 0.29) is 19.1 Å². The SMILES string of the molecule is C[C@H](O)CNC(=O)COc1ccc(Cl)cc1. The zero-order valence-corrected chi connectivity index (χ0v) is 9.70. The van der Waals surface area contributed by atoms with Crippen molar-refractivity contribution in [2.45, 2.75) is 13.0 Å². The Morgan fingerprint density at radius 3 is 2.69 bits per heavy atom. The smallest absolute Gasteiger partial charge is 0.258 e. The Bertz CT molecular complexity index is 338. The Balaban J connectivity index is 2.29. The number of carbonyl (C=O) groups excluding carboxylic acids is 1. The molecule has 0 fully saturated rings. The number of ether oxygens (including phenoxy) is 1. The lowest BCUT2D eigenvalue weighted by Crippen LogP contribution is -2.34. The van der Waals surface area contributed by atoms with Gasteiger partial charge in [0, 0.05) is 11.6 Å². The summed E-state index contributed by atoms with van der Waals surface area (Å²) in [5.41, 5.74) is 0. The van der Waals surface area contributed by atoms with Crippen molar-refractivity contribution in [2.75, 3.05) is 13.2 Å². The Hall–Kier alpha value is -1.26. The molecule has 0 spiro atoms. The van der Waals surface area contributed by atoms with Crippen molar-refractivity contribution in [1.29, 1.82) is 0 Å². The molecule has 0 aliphatic rings. The number of halogens is 1. The van der Waals surface area contributed by atoms with E-state index in [1.807, 2.05) is 0 Å². The molecule has 1 rings (SSSR count). The van der Waals surface area contributed by atoms with Crippen LogP contribution in [0.4, 0.5) is 0 Å². The second-order valence-electron chi connectivity index (χ2n) is 3.40. The first-order valence-electron chi connectivity index (χ1n) is 4.91. The average molecular weight is 244 g/mol. The number of aliphatic hydroxyl groups is 1. The van der Waals surface area contributed by atoms with Gasteiger partial charge in [-0.15, -0.1) is 0 Å². The Morgan fingerprint density at radius 1 is 1.50 bits per heavy atom. The van der Waals surface area contributed by atoms with Crippen molar-refractivity contribution in [3.63, 3.8) is 0 Å². The topological polar surface area (TPSA) is 58.6 Å². The lowest BCUT2D eigenvalue weighted by atomic mass is 10.3. The standard InChI is InChI=1S/C11H14ClNO3/c1-8(14)6-13-11(15)7-16-10-4-2-9(12)3-5-10/h2-5,8,14H,6-7H2,1H3,(H,13,15)/t8-/m0/s1. The van der Waals surface area contributed by atoms with Gasteiger partial charge in [-0.3, -0.25) is 4.79 Å². The van der Waals surface area contributed by atoms with Crippen LogP contribution >= 0.6 is 11.6 Å². The molecule has 0 aliphatic heterocycles. The van der Waals surface area contributed by atoms with Crippen LogP contribution in [-0.4, -0.2) is 30.3 Å². The average Bonchev–Trinajstić information content (AvgIpc) is 2.25. The van der Waals surface area contributed by atoms with Gasteiger partial charge in [0.15, 0.2) is 6.61 Å². The number of hydrogen-bond acceptors (Lipinski definition) is 3. The van der Waals surface area contributed by atoms with Crippen LogP contribution in [0, 0.1) is 0 Å². The van der Waals surface area contributed by atoms with Gasteiger partial charge in [-0.05, 0) is 31.2 Å². The molecule has 2 N–H and O–H groups in total. The van der Waals surface area contributed by atoms with Gasteiger partial charge in [0.2, 0.25) is 0 Å². The van der Waals surface area contributed by atoms with Crippen LogP contribution in [0.25, 0.3) is 0 Å². The number of hydrogen-bond donors (Lipinski definition) is 2. The number of amides is 1. The summed E-state index contributed by atoms with van der Waals surface area (Å²) in [5, 5.41) is 12.1. The van der Waals surface area contributed by atoms with Gasteiger partial charge in [-0.1, -0.05) is 11.6 Å². The van der Waals surface area contributed by atoms with Crippen molar-refractivity contribution in [2.24, 2.45) is 0 Å². The summed E-state index contributed by atoms with van der Waals surface area (Å²) in [4.78, 5) is 11.2. The molecule has 0 heterocycles. The van der Waals surface area contributed by atoms with E-state index < -0.39 is 6.10 Å². The highest BCUT2D eigenvalue weighted by Crippen LogP contribution is 2.15. The van der Waals surface area contributed by atoms with E-state index in [2.05, 4.69) is 5.32 Å². The fourth-order valence-electron chi connectivity index (χ4n) is 0.992. The number of rotatable bonds is 5. The second-order valence-corrected chi connectivity index (χ2v) is 3.83. The summed E-state index contributed by atoms with van der Waals surface area (Å²) in [7, 11) is 0. The molecule has 0 aromatic heterocycles. The number of nitrogens with one attached hydrogen (secondary N) is 1. The zero-order chi connectivity index (χ0) is 12.0. The molecule has 0 aliphatic carbocycles. The maximum Gasteiger partial charge on any atom is 0.258 e. The molecule has 1 amide bonds. The highest BCUT2D eigenvalue weighted by atomic mass is 35.5. The van der Waals surface area contributed by atoms with E-state index in [1.54, 1.807) is 31.2 Å². The van der Waals surface area contributed by atoms with Crippen molar-refractivity contribution < 1.29 is 14.6 Å². The van der Waals surface area contributed by atoms with Gasteiger partial charge in [-0.2, -0.15) is 0 Å². The van der Waals surface area contributed by atoms with E-state index in [4.69, 9.17) is 21.4 Å². The molecular formula is C11H14ClNO3. The van der Waals surface area contributed by atoms with Crippen LogP contribution < -0.4 is 10.1 Å². The normalized spacial score (nSPS) is 11.9. The summed E-state index contributed by atoms with van der Waals surface area (Å²) in [6.45, 7) is 1.75. The van der Waals surface area contributed by atoms with Crippen molar-refractivity contribution in [3.8, 4) is 5.75 Å². The largest absolute Gasteiger partial charge is 0.484 e. The molecule has 1 atom stereocenters. The molecule has 16 heavy (non-hydrogen) atoms. The first-order chi connectivity index (χ1) is 7.58. The monoisotopic (exact) mass is 243 g/mol. The van der Waals surface area contributed by atoms with Gasteiger partial charge in [0.1, 0.15) is 5.75 Å². The van der Waals surface area contributed by atoms with Crippen LogP contribution in [0.2, 0.25) is 5.02 Å². The van der Waals surface area contributed by atoms with Crippen molar-refractivity contribution in [1.82, 2.24) is 5.32 Å². The molecule has 0 saturated heterocycles. The van der Waals surface area contributed by atoms with E-state index in [0.29, 0.717) is 10.8 Å². The second kappa shape index (κ2) is 6.35. The van der Waals surface area contributed by atoms with Gasteiger partial charge in [0.25, 0.3) is 5.91 Å². The summed E-state index contributed by atoms with van der Waals surface area (Å²) in [6, 6.07) is 6.74. The first kappa shape index (κ1) is 12.8. The molecule has 5 heteroatoms. The minimum absolute atomic E-state index is 0.0750. The maximum absolute atomic E-state index is 11.2. The quantitative estimate of drug-likeness (QED) is 0.818. The number of benzene rings is 1. The summed E-state index contributed by atoms with van der Waals surface area (Å²) < 4.78 is 5.20. The van der Waals surface area contributed by atoms with E-state index in [0.717, 1.165) is 0 Å². The molecule has 1 aromatic carbocycles. The van der Waals surface area contributed by atoms with E-state index in [9.17, 15) is 4.79 Å². The predicted octanol–water partition coefficient (Wildman–Crippen LogP) is 1.22. The van der Waals surface area contributed by atoms with E-state index in [1.165, 1.54) is 0 Å². The Kier molecular flexibility index (Phi) is 5.08. The Morgan fingerprint density at radius 2 is 2.12 bits per heavy atom. The third-order valence-electron chi connectivity index (χ3n) is 1.78. The molecule has 4 nitrogen and oxygen atoms in total. The van der Waals surface area contributed by atoms with Gasteiger partial charge >= 0.3 is 0 Å². The predicted molar refractivity (Wildman–Crippen MR) is 61.6 cm³/mol. The van der Waals surface area contributed by atoms with Crippen LogP contribution in [-0.2, 0) is 4.79 Å². The lowest BCUT2D eigenvalue weighted by Gasteiger charge is -2.08. The summed E-state index contributed by atoms with van der Waals surface area (Å²) in [6.07, 6.45) is -0.556. The molecule has 0 radical (unpaired) electrons. The van der Waals surface area contributed by atoms with Gasteiger partial charge < -0.3 is 15.2 Å². The van der Waals surface area contributed by atoms with Crippen LogP contribution in [0.1, 0.15) is 6.92 Å². The molecule has 88 valence electrons. The van der Waals surface area contributed by atoms with E-state index >= 15 is 0 Å². The minimum Gasteiger partial charge on any atom is -0.484 e. The molecular weight excluding hydrogens is 230 g/mol. The maximum atomic E-state index is 11.2. The Labute approximate surface area is 99.2 Å². The molecule has 1 aromatic rings. The first-order valence-corrected chi connectivity index (χ1v) is 5.29. The van der Waals surface area contributed by atoms with Crippen molar-refractivity contribution >= 4 is 17.5 Å². The molecule has 0 unspecified atom stereocenters. The fraction of sp³-hybridized carbons (Fsp3) is 0.364. The summed E-state index contributed by atoms with van der Waals surface area (Å²) in [5.74, 6) is 0.312. The van der Waals surface area contributed by atoms with Crippen LogP contribution in [0.15, 0.2) is 24.3 Å². The van der Waals surface area contributed by atoms with Crippen LogP contribution in [0.5, 0.6) is 5.75 Å².